The minimum absolute atomic E-state index is 0.156. The molecule has 166 valence electrons. The molecule has 1 aliphatic carbocycles. The third-order valence-corrected chi connectivity index (χ3v) is 6.56. The molecule has 0 aliphatic heterocycles. The molecule has 3 aromatic rings. The van der Waals surface area contributed by atoms with Crippen molar-refractivity contribution in [3.8, 4) is 5.75 Å². The number of carbonyl (C=O) groups excluding carboxylic acids is 2. The van der Waals surface area contributed by atoms with Gasteiger partial charge in [0.25, 0.3) is 11.8 Å². The molecule has 1 aromatic heterocycles. The normalized spacial score (nSPS) is 18.0. The van der Waals surface area contributed by atoms with Gasteiger partial charge < -0.3 is 15.4 Å². The van der Waals surface area contributed by atoms with Gasteiger partial charge in [0, 0.05) is 17.5 Å². The maximum absolute atomic E-state index is 12.8. The second-order valence-corrected chi connectivity index (χ2v) is 9.00. The molecule has 8 heteroatoms. The topological polar surface area (TPSA) is 80.3 Å². The predicted octanol–water partition coefficient (Wildman–Crippen LogP) is 4.85. The number of halogens is 1. The van der Waals surface area contributed by atoms with Gasteiger partial charge >= 0.3 is 0 Å². The lowest BCUT2D eigenvalue weighted by Gasteiger charge is -2.32. The van der Waals surface area contributed by atoms with Crippen LogP contribution >= 0.6 is 22.9 Å². The Balaban J connectivity index is 1.35. The van der Waals surface area contributed by atoms with Crippen LogP contribution in [-0.4, -0.2) is 28.9 Å². The highest BCUT2D eigenvalue weighted by Gasteiger charge is 2.29. The van der Waals surface area contributed by atoms with Crippen molar-refractivity contribution < 1.29 is 14.3 Å². The van der Waals surface area contributed by atoms with Crippen LogP contribution in [0.3, 0.4) is 0 Å². The monoisotopic (exact) mass is 469 g/mol. The number of carbonyl (C=O) groups is 2. The van der Waals surface area contributed by atoms with Crippen molar-refractivity contribution in [2.24, 2.45) is 0 Å². The van der Waals surface area contributed by atoms with E-state index in [0.29, 0.717) is 22.9 Å². The molecule has 2 N–H and O–H groups in total. The summed E-state index contributed by atoms with van der Waals surface area (Å²) in [5.74, 6) is 0.292. The van der Waals surface area contributed by atoms with Crippen LogP contribution in [0.15, 0.2) is 60.0 Å². The van der Waals surface area contributed by atoms with E-state index in [1.807, 2.05) is 30.3 Å². The van der Waals surface area contributed by atoms with E-state index < -0.39 is 0 Å². The fourth-order valence-electron chi connectivity index (χ4n) is 3.75. The number of hydrogen-bond acceptors (Lipinski definition) is 5. The molecule has 1 fully saturated rings. The van der Waals surface area contributed by atoms with Crippen molar-refractivity contribution in [1.82, 2.24) is 15.6 Å². The zero-order chi connectivity index (χ0) is 22.3. The van der Waals surface area contributed by atoms with Crippen LogP contribution in [0.1, 0.15) is 51.5 Å². The summed E-state index contributed by atoms with van der Waals surface area (Å²) in [5, 5.41) is 8.99. The van der Waals surface area contributed by atoms with E-state index in [0.717, 1.165) is 36.4 Å². The van der Waals surface area contributed by atoms with Crippen molar-refractivity contribution in [2.45, 2.75) is 44.4 Å². The number of amides is 2. The van der Waals surface area contributed by atoms with Crippen LogP contribution < -0.4 is 15.4 Å². The van der Waals surface area contributed by atoms with Gasteiger partial charge in [-0.25, -0.2) is 4.98 Å². The maximum Gasteiger partial charge on any atom is 0.271 e. The molecule has 32 heavy (non-hydrogen) atoms. The lowest BCUT2D eigenvalue weighted by Crippen LogP contribution is -2.53. The number of para-hydroxylation sites is 1. The number of ether oxygens (including phenoxy) is 1. The molecule has 0 bridgehead atoms. The largest absolute Gasteiger partial charge is 0.486 e. The van der Waals surface area contributed by atoms with Gasteiger partial charge in [-0.15, -0.1) is 11.3 Å². The van der Waals surface area contributed by atoms with Gasteiger partial charge in [0.1, 0.15) is 23.1 Å². The molecule has 2 amide bonds. The van der Waals surface area contributed by atoms with E-state index in [9.17, 15) is 9.59 Å². The maximum atomic E-state index is 12.8. The first kappa shape index (κ1) is 22.3. The van der Waals surface area contributed by atoms with Crippen LogP contribution in [0.5, 0.6) is 5.75 Å². The molecule has 2 atom stereocenters. The van der Waals surface area contributed by atoms with Crippen LogP contribution in [0, 0.1) is 0 Å². The minimum atomic E-state index is -0.240. The SMILES string of the molecule is O=C(NC1CCCCC1NC(=O)c1ccccc1Cl)c1csc(COc2ccccc2)n1. The Kier molecular flexibility index (Phi) is 7.39. The van der Waals surface area contributed by atoms with E-state index in [1.54, 1.807) is 29.6 Å². The summed E-state index contributed by atoms with van der Waals surface area (Å²) in [4.78, 5) is 29.9. The predicted molar refractivity (Wildman–Crippen MR) is 125 cm³/mol. The first-order chi connectivity index (χ1) is 15.6. The first-order valence-electron chi connectivity index (χ1n) is 10.6. The summed E-state index contributed by atoms with van der Waals surface area (Å²) in [6.45, 7) is 0.307. The van der Waals surface area contributed by atoms with Gasteiger partial charge in [0.05, 0.1) is 10.6 Å². The second-order valence-electron chi connectivity index (χ2n) is 7.65. The number of nitrogens with one attached hydrogen (secondary N) is 2. The van der Waals surface area contributed by atoms with Crippen LogP contribution in [-0.2, 0) is 6.61 Å². The van der Waals surface area contributed by atoms with Crippen LogP contribution in [0.4, 0.5) is 0 Å². The molecule has 1 saturated carbocycles. The Morgan fingerprint density at radius 2 is 1.62 bits per heavy atom. The molecule has 4 rings (SSSR count). The smallest absolute Gasteiger partial charge is 0.271 e. The van der Waals surface area contributed by atoms with Crippen molar-refractivity contribution in [1.29, 1.82) is 0 Å². The Morgan fingerprint density at radius 3 is 2.34 bits per heavy atom. The second kappa shape index (κ2) is 10.6. The highest BCUT2D eigenvalue weighted by molar-refractivity contribution is 7.09. The van der Waals surface area contributed by atoms with E-state index >= 15 is 0 Å². The van der Waals surface area contributed by atoms with E-state index in [-0.39, 0.29) is 23.9 Å². The molecular formula is C24H24ClN3O3S. The van der Waals surface area contributed by atoms with Gasteiger partial charge in [-0.1, -0.05) is 54.8 Å². The number of hydrogen-bond donors (Lipinski definition) is 2. The van der Waals surface area contributed by atoms with Gasteiger partial charge in [-0.3, -0.25) is 9.59 Å². The Morgan fingerprint density at radius 1 is 0.969 bits per heavy atom. The van der Waals surface area contributed by atoms with E-state index in [2.05, 4.69) is 15.6 Å². The van der Waals surface area contributed by atoms with E-state index in [1.165, 1.54) is 11.3 Å². The summed E-state index contributed by atoms with van der Waals surface area (Å²) < 4.78 is 5.71. The molecular weight excluding hydrogens is 446 g/mol. The minimum Gasteiger partial charge on any atom is -0.486 e. The lowest BCUT2D eigenvalue weighted by molar-refractivity contribution is 0.0860. The number of aromatic nitrogens is 1. The van der Waals surface area contributed by atoms with Gasteiger partial charge in [-0.2, -0.15) is 0 Å². The lowest BCUT2D eigenvalue weighted by atomic mass is 9.90. The fraction of sp³-hybridized carbons (Fsp3) is 0.292. The molecule has 0 saturated heterocycles. The van der Waals surface area contributed by atoms with Crippen molar-refractivity contribution >= 4 is 34.8 Å². The third kappa shape index (κ3) is 5.66. The molecule has 2 aromatic carbocycles. The van der Waals surface area contributed by atoms with Gasteiger partial charge in [-0.05, 0) is 37.1 Å². The molecule has 0 radical (unpaired) electrons. The summed E-state index contributed by atoms with van der Waals surface area (Å²) in [7, 11) is 0. The molecule has 6 nitrogen and oxygen atoms in total. The molecule has 1 heterocycles. The average molecular weight is 470 g/mol. The average Bonchev–Trinajstić information content (AvgIpc) is 3.29. The van der Waals surface area contributed by atoms with Gasteiger partial charge in [0.15, 0.2) is 0 Å². The highest BCUT2D eigenvalue weighted by Crippen LogP contribution is 2.22. The summed E-state index contributed by atoms with van der Waals surface area (Å²) >= 11 is 7.54. The summed E-state index contributed by atoms with van der Waals surface area (Å²) in [5.41, 5.74) is 0.802. The van der Waals surface area contributed by atoms with Crippen LogP contribution in [0.25, 0.3) is 0 Å². The van der Waals surface area contributed by atoms with Crippen molar-refractivity contribution in [3.05, 3.63) is 81.3 Å². The zero-order valence-corrected chi connectivity index (χ0v) is 19.0. The molecule has 1 aliphatic rings. The summed E-state index contributed by atoms with van der Waals surface area (Å²) in [6, 6.07) is 16.1. The van der Waals surface area contributed by atoms with Crippen molar-refractivity contribution in [2.75, 3.05) is 0 Å². The zero-order valence-electron chi connectivity index (χ0n) is 17.4. The van der Waals surface area contributed by atoms with Crippen molar-refractivity contribution in [3.63, 3.8) is 0 Å². The number of benzene rings is 2. The quantitative estimate of drug-likeness (QED) is 0.518. The highest BCUT2D eigenvalue weighted by atomic mass is 35.5. The molecule has 2 unspecified atom stereocenters. The number of rotatable bonds is 7. The standard InChI is InChI=1S/C24H24ClN3O3S/c25-18-11-5-4-10-17(18)23(29)27-19-12-6-7-13-20(19)28-24(30)21-15-32-22(26-21)14-31-16-8-2-1-3-9-16/h1-5,8-11,15,19-20H,6-7,12-14H2,(H,27,29)(H,28,30). The van der Waals surface area contributed by atoms with Crippen LogP contribution in [0.2, 0.25) is 5.02 Å². The Labute approximate surface area is 196 Å². The van der Waals surface area contributed by atoms with E-state index in [4.69, 9.17) is 16.3 Å². The Hall–Kier alpha value is -2.90. The number of nitrogens with zero attached hydrogens (tertiary/aromatic N) is 1. The summed E-state index contributed by atoms with van der Waals surface area (Å²) in [6.07, 6.45) is 3.59. The van der Waals surface area contributed by atoms with Gasteiger partial charge in [0.2, 0.25) is 0 Å². The first-order valence-corrected chi connectivity index (χ1v) is 11.8. The molecule has 0 spiro atoms. The Bertz CT molecular complexity index is 1070. The third-order valence-electron chi connectivity index (χ3n) is 5.41. The fourth-order valence-corrected chi connectivity index (χ4v) is 4.66. The number of thiazole rings is 1.